The van der Waals surface area contributed by atoms with Gasteiger partial charge in [-0.15, -0.1) is 0 Å². The van der Waals surface area contributed by atoms with Gasteiger partial charge in [0.1, 0.15) is 5.75 Å². The van der Waals surface area contributed by atoms with Crippen molar-refractivity contribution in [3.8, 4) is 5.75 Å². The highest BCUT2D eigenvalue weighted by Crippen LogP contribution is 2.27. The Morgan fingerprint density at radius 3 is 2.87 bits per heavy atom. The van der Waals surface area contributed by atoms with Gasteiger partial charge in [0, 0.05) is 17.8 Å². The SMILES string of the molecule is COc1ccc(NC/C(C)=C/Cl)cc1Br. The number of benzene rings is 1. The van der Waals surface area contributed by atoms with Crippen LogP contribution in [0.1, 0.15) is 6.92 Å². The van der Waals surface area contributed by atoms with E-state index in [1.54, 1.807) is 12.6 Å². The van der Waals surface area contributed by atoms with E-state index in [-0.39, 0.29) is 0 Å². The molecule has 2 nitrogen and oxygen atoms in total. The lowest BCUT2D eigenvalue weighted by atomic mass is 10.3. The highest BCUT2D eigenvalue weighted by atomic mass is 79.9. The van der Waals surface area contributed by atoms with Crippen molar-refractivity contribution in [1.29, 1.82) is 0 Å². The highest BCUT2D eigenvalue weighted by molar-refractivity contribution is 9.10. The molecular formula is C11H13BrClNO. The smallest absolute Gasteiger partial charge is 0.133 e. The maximum Gasteiger partial charge on any atom is 0.133 e. The molecule has 0 spiro atoms. The zero-order chi connectivity index (χ0) is 11.3. The minimum Gasteiger partial charge on any atom is -0.496 e. The Morgan fingerprint density at radius 2 is 2.33 bits per heavy atom. The van der Waals surface area contributed by atoms with Crippen LogP contribution in [0.15, 0.2) is 33.8 Å². The van der Waals surface area contributed by atoms with E-state index < -0.39 is 0 Å². The van der Waals surface area contributed by atoms with Gasteiger partial charge >= 0.3 is 0 Å². The van der Waals surface area contributed by atoms with Gasteiger partial charge in [-0.05, 0) is 46.6 Å². The maximum absolute atomic E-state index is 5.57. The summed E-state index contributed by atoms with van der Waals surface area (Å²) >= 11 is 8.99. The second-order valence-electron chi connectivity index (χ2n) is 3.16. The predicted molar refractivity (Wildman–Crippen MR) is 68.8 cm³/mol. The molecule has 0 radical (unpaired) electrons. The van der Waals surface area contributed by atoms with E-state index in [0.29, 0.717) is 0 Å². The van der Waals surface area contributed by atoms with Crippen molar-refractivity contribution in [1.82, 2.24) is 0 Å². The van der Waals surface area contributed by atoms with E-state index in [4.69, 9.17) is 16.3 Å². The zero-order valence-electron chi connectivity index (χ0n) is 8.68. The number of rotatable bonds is 4. The van der Waals surface area contributed by atoms with Crippen LogP contribution in [0.5, 0.6) is 5.75 Å². The van der Waals surface area contributed by atoms with Crippen LogP contribution in [0.2, 0.25) is 0 Å². The molecule has 0 amide bonds. The van der Waals surface area contributed by atoms with Crippen LogP contribution in [0.25, 0.3) is 0 Å². The van der Waals surface area contributed by atoms with Gasteiger partial charge < -0.3 is 10.1 Å². The highest BCUT2D eigenvalue weighted by Gasteiger charge is 2.00. The van der Waals surface area contributed by atoms with E-state index in [0.717, 1.165) is 28.0 Å². The Bertz CT molecular complexity index is 366. The molecule has 0 aliphatic rings. The van der Waals surface area contributed by atoms with Gasteiger partial charge in [0.2, 0.25) is 0 Å². The molecule has 0 atom stereocenters. The molecular weight excluding hydrogens is 277 g/mol. The monoisotopic (exact) mass is 289 g/mol. The second-order valence-corrected chi connectivity index (χ2v) is 4.23. The average Bonchev–Trinajstić information content (AvgIpc) is 2.26. The Hall–Kier alpha value is -0.670. The number of anilines is 1. The minimum absolute atomic E-state index is 0.738. The molecule has 0 unspecified atom stereocenters. The largest absolute Gasteiger partial charge is 0.496 e. The van der Waals surface area contributed by atoms with Crippen molar-refractivity contribution in [2.75, 3.05) is 19.0 Å². The minimum atomic E-state index is 0.738. The van der Waals surface area contributed by atoms with E-state index >= 15 is 0 Å². The molecule has 1 N–H and O–H groups in total. The molecule has 0 bridgehead atoms. The van der Waals surface area contributed by atoms with Crippen molar-refractivity contribution < 1.29 is 4.74 Å². The summed E-state index contributed by atoms with van der Waals surface area (Å²) in [5.41, 5.74) is 3.69. The molecule has 1 aromatic carbocycles. The van der Waals surface area contributed by atoms with Crippen molar-refractivity contribution in [3.63, 3.8) is 0 Å². The van der Waals surface area contributed by atoms with Crippen LogP contribution in [0.3, 0.4) is 0 Å². The fourth-order valence-corrected chi connectivity index (χ4v) is 1.67. The fourth-order valence-electron chi connectivity index (χ4n) is 1.06. The van der Waals surface area contributed by atoms with E-state index in [2.05, 4.69) is 21.2 Å². The third-order valence-corrected chi connectivity index (χ3v) is 2.90. The molecule has 4 heteroatoms. The van der Waals surface area contributed by atoms with E-state index in [1.807, 2.05) is 25.1 Å². The normalized spacial score (nSPS) is 11.3. The molecule has 1 aromatic rings. The lowest BCUT2D eigenvalue weighted by Gasteiger charge is -2.08. The maximum atomic E-state index is 5.57. The quantitative estimate of drug-likeness (QED) is 0.904. The summed E-state index contributed by atoms with van der Waals surface area (Å²) in [5, 5.41) is 3.25. The van der Waals surface area contributed by atoms with Gasteiger partial charge in [-0.2, -0.15) is 0 Å². The molecule has 0 saturated carbocycles. The Balaban J connectivity index is 2.67. The van der Waals surface area contributed by atoms with Crippen molar-refractivity contribution in [2.45, 2.75) is 6.92 Å². The first-order chi connectivity index (χ1) is 7.17. The van der Waals surface area contributed by atoms with Crippen LogP contribution < -0.4 is 10.1 Å². The molecule has 0 aliphatic heterocycles. The van der Waals surface area contributed by atoms with Gasteiger partial charge in [-0.3, -0.25) is 0 Å². The number of hydrogen-bond acceptors (Lipinski definition) is 2. The first kappa shape index (κ1) is 12.4. The second kappa shape index (κ2) is 6.03. The third-order valence-electron chi connectivity index (χ3n) is 1.91. The van der Waals surface area contributed by atoms with Gasteiger partial charge in [0.15, 0.2) is 0 Å². The average molecular weight is 291 g/mol. The van der Waals surface area contributed by atoms with Crippen LogP contribution in [-0.2, 0) is 0 Å². The molecule has 82 valence electrons. The van der Waals surface area contributed by atoms with Crippen LogP contribution >= 0.6 is 27.5 Å². The number of ether oxygens (including phenoxy) is 1. The first-order valence-corrected chi connectivity index (χ1v) is 5.73. The van der Waals surface area contributed by atoms with E-state index in [9.17, 15) is 0 Å². The van der Waals surface area contributed by atoms with Crippen molar-refractivity contribution in [3.05, 3.63) is 33.8 Å². The fraction of sp³-hybridized carbons (Fsp3) is 0.273. The molecule has 0 fully saturated rings. The van der Waals surface area contributed by atoms with Crippen molar-refractivity contribution >= 4 is 33.2 Å². The first-order valence-electron chi connectivity index (χ1n) is 4.50. The van der Waals surface area contributed by atoms with Crippen LogP contribution in [0.4, 0.5) is 5.69 Å². The molecule has 1 rings (SSSR count). The lowest BCUT2D eigenvalue weighted by molar-refractivity contribution is 0.412. The summed E-state index contributed by atoms with van der Waals surface area (Å²) in [5.74, 6) is 0.824. The lowest BCUT2D eigenvalue weighted by Crippen LogP contribution is -2.02. The van der Waals surface area contributed by atoms with Gasteiger partial charge in [0.25, 0.3) is 0 Å². The Labute approximate surface area is 103 Å². The van der Waals surface area contributed by atoms with Gasteiger partial charge in [-0.1, -0.05) is 11.6 Å². The standard InChI is InChI=1S/C11H13BrClNO/c1-8(6-13)7-14-9-3-4-11(15-2)10(12)5-9/h3-6,14H,7H2,1-2H3/b8-6+. The molecule has 15 heavy (non-hydrogen) atoms. The molecule has 0 aliphatic carbocycles. The number of nitrogens with one attached hydrogen (secondary N) is 1. The molecule has 0 saturated heterocycles. The summed E-state index contributed by atoms with van der Waals surface area (Å²) in [4.78, 5) is 0. The number of hydrogen-bond donors (Lipinski definition) is 1. The van der Waals surface area contributed by atoms with Crippen molar-refractivity contribution in [2.24, 2.45) is 0 Å². The summed E-state index contributed by atoms with van der Waals surface area (Å²) in [6.45, 7) is 2.71. The number of halogens is 2. The topological polar surface area (TPSA) is 21.3 Å². The zero-order valence-corrected chi connectivity index (χ0v) is 11.0. The molecule has 0 aromatic heterocycles. The molecule has 0 heterocycles. The summed E-state index contributed by atoms with van der Waals surface area (Å²) < 4.78 is 6.07. The number of methoxy groups -OCH3 is 1. The summed E-state index contributed by atoms with van der Waals surface area (Å²) in [6.07, 6.45) is 0. The van der Waals surface area contributed by atoms with Gasteiger partial charge in [-0.25, -0.2) is 0 Å². The predicted octanol–water partition coefficient (Wildman–Crippen LogP) is 4.01. The summed E-state index contributed by atoms with van der Waals surface area (Å²) in [7, 11) is 1.65. The van der Waals surface area contributed by atoms with Gasteiger partial charge in [0.05, 0.1) is 11.6 Å². The third kappa shape index (κ3) is 3.76. The van der Waals surface area contributed by atoms with E-state index in [1.165, 1.54) is 0 Å². The Kier molecular flexibility index (Phi) is 4.99. The van der Waals surface area contributed by atoms with Crippen LogP contribution in [0, 0.1) is 0 Å². The summed E-state index contributed by atoms with van der Waals surface area (Å²) in [6, 6.07) is 5.84. The van der Waals surface area contributed by atoms with Crippen LogP contribution in [-0.4, -0.2) is 13.7 Å². The Morgan fingerprint density at radius 1 is 1.60 bits per heavy atom.